The van der Waals surface area contributed by atoms with Gasteiger partial charge >= 0.3 is 0 Å². The fourth-order valence-corrected chi connectivity index (χ4v) is 3.11. The van der Waals surface area contributed by atoms with Crippen molar-refractivity contribution >= 4 is 34.2 Å². The van der Waals surface area contributed by atoms with Crippen LogP contribution in [0.5, 0.6) is 0 Å². The second kappa shape index (κ2) is 7.76. The average molecular weight is 382 g/mol. The van der Waals surface area contributed by atoms with Gasteiger partial charge in [-0.15, -0.1) is 0 Å². The zero-order chi connectivity index (χ0) is 20.4. The Hall–Kier alpha value is -3.66. The van der Waals surface area contributed by atoms with Crippen LogP contribution in [-0.2, 0) is 0 Å². The van der Waals surface area contributed by atoms with Crippen molar-refractivity contribution in [2.24, 2.45) is 0 Å². The van der Waals surface area contributed by atoms with E-state index in [0.29, 0.717) is 22.6 Å². The molecule has 0 aliphatic carbocycles. The molecule has 0 amide bonds. The van der Waals surface area contributed by atoms with Gasteiger partial charge < -0.3 is 9.32 Å². The number of fused-ring (bicyclic) bond motifs is 1. The van der Waals surface area contributed by atoms with E-state index in [-0.39, 0.29) is 5.78 Å². The first-order valence-corrected chi connectivity index (χ1v) is 9.48. The van der Waals surface area contributed by atoms with Gasteiger partial charge in [-0.3, -0.25) is 4.79 Å². The Morgan fingerprint density at radius 3 is 2.28 bits per heavy atom. The largest absolute Gasteiger partial charge is 0.436 e. The van der Waals surface area contributed by atoms with Crippen LogP contribution in [0.2, 0.25) is 0 Å². The van der Waals surface area contributed by atoms with E-state index < -0.39 is 0 Å². The number of oxazole rings is 1. The first-order chi connectivity index (χ1) is 14.0. The molecule has 0 radical (unpaired) electrons. The van der Waals surface area contributed by atoms with Crippen molar-refractivity contribution in [3.8, 4) is 0 Å². The quantitative estimate of drug-likeness (QED) is 0.332. The second-order valence-corrected chi connectivity index (χ2v) is 7.23. The average Bonchev–Trinajstić information content (AvgIpc) is 3.16. The third-order valence-electron chi connectivity index (χ3n) is 4.80. The zero-order valence-corrected chi connectivity index (χ0v) is 16.7. The highest BCUT2D eigenvalue weighted by atomic mass is 16.3. The molecule has 0 unspecified atom stereocenters. The summed E-state index contributed by atoms with van der Waals surface area (Å²) in [7, 11) is 3.99. The van der Waals surface area contributed by atoms with E-state index in [4.69, 9.17) is 4.42 Å². The number of benzene rings is 3. The molecule has 4 nitrogen and oxygen atoms in total. The normalized spacial score (nSPS) is 11.6. The van der Waals surface area contributed by atoms with Gasteiger partial charge in [0.15, 0.2) is 11.4 Å². The number of hydrogen-bond donors (Lipinski definition) is 0. The number of para-hydroxylation sites is 2. The SMILES string of the molecule is Cc1ccc(C(=O)/C(=C/c2ccc(N(C)C)cc2)c2nc3ccccc3o2)cc1. The van der Waals surface area contributed by atoms with E-state index in [0.717, 1.165) is 22.3 Å². The molecule has 4 heteroatoms. The lowest BCUT2D eigenvalue weighted by Crippen LogP contribution is -2.08. The van der Waals surface area contributed by atoms with Gasteiger partial charge in [-0.1, -0.05) is 54.1 Å². The summed E-state index contributed by atoms with van der Waals surface area (Å²) in [6, 6.07) is 23.1. The number of carbonyl (C=O) groups is 1. The van der Waals surface area contributed by atoms with Crippen LogP contribution < -0.4 is 4.90 Å². The summed E-state index contributed by atoms with van der Waals surface area (Å²) in [5.41, 5.74) is 5.54. The molecule has 3 aromatic carbocycles. The number of anilines is 1. The number of allylic oxidation sites excluding steroid dienone is 1. The van der Waals surface area contributed by atoms with Crippen LogP contribution in [0, 0.1) is 6.92 Å². The minimum atomic E-state index is -0.117. The van der Waals surface area contributed by atoms with Gasteiger partial charge in [0.2, 0.25) is 5.89 Å². The molecule has 0 fully saturated rings. The minimum Gasteiger partial charge on any atom is -0.436 e. The van der Waals surface area contributed by atoms with E-state index in [1.807, 2.05) is 105 Å². The smallest absolute Gasteiger partial charge is 0.231 e. The van der Waals surface area contributed by atoms with E-state index in [1.165, 1.54) is 0 Å². The van der Waals surface area contributed by atoms with Gasteiger partial charge in [0.05, 0.1) is 5.57 Å². The van der Waals surface area contributed by atoms with Crippen molar-refractivity contribution in [2.45, 2.75) is 6.92 Å². The molecule has 4 rings (SSSR count). The fraction of sp³-hybridized carbons (Fsp3) is 0.120. The van der Waals surface area contributed by atoms with E-state index in [1.54, 1.807) is 0 Å². The molecule has 1 heterocycles. The third-order valence-corrected chi connectivity index (χ3v) is 4.80. The summed E-state index contributed by atoms with van der Waals surface area (Å²) in [4.78, 5) is 19.9. The molecule has 0 aliphatic heterocycles. The van der Waals surface area contributed by atoms with Crippen molar-refractivity contribution < 1.29 is 9.21 Å². The standard InChI is InChI=1S/C25H22N2O2/c1-17-8-12-19(13-9-17)24(28)21(16-18-10-14-20(15-11-18)27(2)3)25-26-22-6-4-5-7-23(22)29-25/h4-16H,1-3H3/b21-16-. The lowest BCUT2D eigenvalue weighted by Gasteiger charge is -2.12. The Kier molecular flexibility index (Phi) is 5.00. The Morgan fingerprint density at radius 2 is 1.62 bits per heavy atom. The predicted molar refractivity (Wildman–Crippen MR) is 118 cm³/mol. The summed E-state index contributed by atoms with van der Waals surface area (Å²) < 4.78 is 5.92. The number of ketones is 1. The van der Waals surface area contributed by atoms with Crippen molar-refractivity contribution in [3.05, 3.63) is 95.4 Å². The maximum Gasteiger partial charge on any atom is 0.231 e. The summed E-state index contributed by atoms with van der Waals surface area (Å²) in [5.74, 6) is 0.210. The van der Waals surface area contributed by atoms with Crippen LogP contribution in [-0.4, -0.2) is 24.9 Å². The molecule has 0 atom stereocenters. The lowest BCUT2D eigenvalue weighted by atomic mass is 10.00. The summed E-state index contributed by atoms with van der Waals surface area (Å²) in [6.45, 7) is 2.00. The van der Waals surface area contributed by atoms with Crippen molar-refractivity contribution in [2.75, 3.05) is 19.0 Å². The van der Waals surface area contributed by atoms with Gasteiger partial charge in [-0.2, -0.15) is 0 Å². The molecule has 0 saturated heterocycles. The number of aromatic nitrogens is 1. The van der Waals surface area contributed by atoms with Crippen LogP contribution in [0.25, 0.3) is 22.7 Å². The Balaban J connectivity index is 1.81. The first kappa shape index (κ1) is 18.7. The highest BCUT2D eigenvalue weighted by molar-refractivity contribution is 6.31. The van der Waals surface area contributed by atoms with Crippen LogP contribution >= 0.6 is 0 Å². The fourth-order valence-electron chi connectivity index (χ4n) is 3.11. The number of Topliss-reactive ketones (excluding diaryl/α,β-unsaturated/α-hetero) is 1. The molecule has 1 aromatic heterocycles. The number of carbonyl (C=O) groups excluding carboxylic acids is 1. The molecule has 0 bridgehead atoms. The van der Waals surface area contributed by atoms with E-state index >= 15 is 0 Å². The van der Waals surface area contributed by atoms with Crippen LogP contribution in [0.3, 0.4) is 0 Å². The van der Waals surface area contributed by atoms with E-state index in [9.17, 15) is 4.79 Å². The van der Waals surface area contributed by atoms with Crippen LogP contribution in [0.1, 0.15) is 27.4 Å². The molecule has 0 N–H and O–H groups in total. The van der Waals surface area contributed by atoms with Crippen molar-refractivity contribution in [3.63, 3.8) is 0 Å². The highest BCUT2D eigenvalue weighted by Gasteiger charge is 2.20. The molecule has 144 valence electrons. The summed E-state index contributed by atoms with van der Waals surface area (Å²) in [5, 5.41) is 0. The molecular weight excluding hydrogens is 360 g/mol. The number of aryl methyl sites for hydroxylation is 1. The van der Waals surface area contributed by atoms with Gasteiger partial charge in [-0.05, 0) is 42.8 Å². The molecule has 4 aromatic rings. The molecular formula is C25H22N2O2. The van der Waals surface area contributed by atoms with Gasteiger partial charge in [0, 0.05) is 25.3 Å². The molecule has 0 saturated carbocycles. The first-order valence-electron chi connectivity index (χ1n) is 9.48. The summed E-state index contributed by atoms with van der Waals surface area (Å²) in [6.07, 6.45) is 1.84. The lowest BCUT2D eigenvalue weighted by molar-refractivity contribution is 0.105. The van der Waals surface area contributed by atoms with Gasteiger partial charge in [0.25, 0.3) is 0 Å². The van der Waals surface area contributed by atoms with Crippen molar-refractivity contribution in [1.29, 1.82) is 0 Å². The molecule has 29 heavy (non-hydrogen) atoms. The summed E-state index contributed by atoms with van der Waals surface area (Å²) >= 11 is 0. The van der Waals surface area contributed by atoms with Crippen LogP contribution in [0.15, 0.2) is 77.2 Å². The number of rotatable bonds is 5. The van der Waals surface area contributed by atoms with Crippen LogP contribution in [0.4, 0.5) is 5.69 Å². The number of nitrogens with zero attached hydrogens (tertiary/aromatic N) is 2. The van der Waals surface area contributed by atoms with Gasteiger partial charge in [0.1, 0.15) is 5.52 Å². The third kappa shape index (κ3) is 3.97. The highest BCUT2D eigenvalue weighted by Crippen LogP contribution is 2.27. The molecule has 0 aliphatic rings. The Labute approximate surface area is 170 Å². The Bertz CT molecular complexity index is 1150. The zero-order valence-electron chi connectivity index (χ0n) is 16.7. The number of hydrogen-bond acceptors (Lipinski definition) is 4. The maximum absolute atomic E-state index is 13.3. The maximum atomic E-state index is 13.3. The monoisotopic (exact) mass is 382 g/mol. The van der Waals surface area contributed by atoms with E-state index in [2.05, 4.69) is 4.98 Å². The predicted octanol–water partition coefficient (Wildman–Crippen LogP) is 5.63. The second-order valence-electron chi connectivity index (χ2n) is 7.23. The minimum absolute atomic E-state index is 0.117. The Morgan fingerprint density at radius 1 is 0.931 bits per heavy atom. The molecule has 0 spiro atoms. The topological polar surface area (TPSA) is 46.3 Å². The van der Waals surface area contributed by atoms with Gasteiger partial charge in [-0.25, -0.2) is 4.98 Å². The van der Waals surface area contributed by atoms with Crippen molar-refractivity contribution in [1.82, 2.24) is 4.98 Å².